The van der Waals surface area contributed by atoms with Crippen molar-refractivity contribution in [2.24, 2.45) is 0 Å². The highest BCUT2D eigenvalue weighted by atomic mass is 16.5. The Hall–Kier alpha value is -1.50. The zero-order valence-corrected chi connectivity index (χ0v) is 11.6. The third kappa shape index (κ3) is 5.78. The van der Waals surface area contributed by atoms with E-state index in [1.54, 1.807) is 25.3 Å². The molecule has 0 saturated heterocycles. The highest BCUT2D eigenvalue weighted by molar-refractivity contribution is 5.33. The van der Waals surface area contributed by atoms with Crippen molar-refractivity contribution in [2.45, 2.75) is 44.8 Å². The molecule has 0 fully saturated rings. The Balaban J connectivity index is 2.56. The molecule has 104 valence electrons. The molecule has 0 heterocycles. The highest BCUT2D eigenvalue weighted by Gasteiger charge is 2.05. The Morgan fingerprint density at radius 1 is 1.21 bits per heavy atom. The van der Waals surface area contributed by atoms with Gasteiger partial charge in [-0.1, -0.05) is 43.7 Å². The van der Waals surface area contributed by atoms with Gasteiger partial charge in [0.15, 0.2) is 0 Å². The molecule has 0 spiro atoms. The minimum Gasteiger partial charge on any atom is -0.497 e. The predicted molar refractivity (Wildman–Crippen MR) is 75.9 cm³/mol. The molecule has 0 saturated carbocycles. The van der Waals surface area contributed by atoms with Crippen molar-refractivity contribution >= 4 is 0 Å². The average molecular weight is 262 g/mol. The number of benzene rings is 1. The number of methoxy groups -OCH3 is 1. The predicted octanol–water partition coefficient (Wildman–Crippen LogP) is 2.67. The molecular formula is C16H22O3. The van der Waals surface area contributed by atoms with Crippen LogP contribution in [0.15, 0.2) is 24.3 Å². The van der Waals surface area contributed by atoms with Crippen molar-refractivity contribution in [3.63, 3.8) is 0 Å². The summed E-state index contributed by atoms with van der Waals surface area (Å²) in [5.41, 5.74) is 0.674. The van der Waals surface area contributed by atoms with Crippen LogP contribution in [0.3, 0.4) is 0 Å². The first-order valence-corrected chi connectivity index (χ1v) is 6.68. The van der Waals surface area contributed by atoms with Crippen molar-refractivity contribution in [1.82, 2.24) is 0 Å². The van der Waals surface area contributed by atoms with E-state index >= 15 is 0 Å². The maximum atomic E-state index is 9.92. The molecule has 0 radical (unpaired) electrons. The van der Waals surface area contributed by atoms with Gasteiger partial charge in [-0.3, -0.25) is 0 Å². The van der Waals surface area contributed by atoms with Crippen molar-refractivity contribution in [3.05, 3.63) is 29.8 Å². The first kappa shape index (κ1) is 15.6. The molecular weight excluding hydrogens is 240 g/mol. The second-order valence-electron chi connectivity index (χ2n) is 4.48. The zero-order chi connectivity index (χ0) is 14.1. The van der Waals surface area contributed by atoms with Crippen LogP contribution in [0.4, 0.5) is 0 Å². The molecule has 19 heavy (non-hydrogen) atoms. The summed E-state index contributed by atoms with van der Waals surface area (Å²) in [4.78, 5) is 0. The Morgan fingerprint density at radius 2 is 2.00 bits per heavy atom. The van der Waals surface area contributed by atoms with Crippen LogP contribution in [-0.4, -0.2) is 23.4 Å². The van der Waals surface area contributed by atoms with Crippen molar-refractivity contribution in [1.29, 1.82) is 0 Å². The van der Waals surface area contributed by atoms with Crippen molar-refractivity contribution in [3.8, 4) is 17.6 Å². The van der Waals surface area contributed by atoms with Crippen LogP contribution < -0.4 is 4.74 Å². The molecule has 3 heteroatoms. The number of ether oxygens (including phenoxy) is 1. The maximum absolute atomic E-state index is 9.92. The van der Waals surface area contributed by atoms with E-state index in [0.29, 0.717) is 17.7 Å². The normalized spacial score (nSPS) is 13.3. The lowest BCUT2D eigenvalue weighted by molar-refractivity contribution is 0.213. The van der Waals surface area contributed by atoms with E-state index in [1.165, 1.54) is 0 Å². The topological polar surface area (TPSA) is 49.7 Å². The first-order valence-electron chi connectivity index (χ1n) is 6.68. The largest absolute Gasteiger partial charge is 0.497 e. The molecule has 0 amide bonds. The first-order chi connectivity index (χ1) is 9.17. The summed E-state index contributed by atoms with van der Waals surface area (Å²) in [5.74, 6) is 6.05. The lowest BCUT2D eigenvalue weighted by Gasteiger charge is -2.07. The molecule has 3 nitrogen and oxygen atoms in total. The number of unbranched alkanes of at least 4 members (excludes halogenated alkanes) is 2. The van der Waals surface area contributed by atoms with E-state index in [1.807, 2.05) is 6.07 Å². The van der Waals surface area contributed by atoms with Gasteiger partial charge in [-0.2, -0.15) is 0 Å². The van der Waals surface area contributed by atoms with E-state index in [0.717, 1.165) is 19.3 Å². The van der Waals surface area contributed by atoms with Crippen LogP contribution in [0.2, 0.25) is 0 Å². The Morgan fingerprint density at radius 3 is 2.68 bits per heavy atom. The molecule has 2 N–H and O–H groups in total. The molecule has 1 aromatic rings. The SMILES string of the molecule is CCCCCC(O)C#CC(O)c1cccc(OC)c1. The molecule has 0 bridgehead atoms. The van der Waals surface area contributed by atoms with Gasteiger partial charge in [-0.25, -0.2) is 0 Å². The summed E-state index contributed by atoms with van der Waals surface area (Å²) in [5, 5.41) is 19.6. The van der Waals surface area contributed by atoms with Gasteiger partial charge in [-0.05, 0) is 30.5 Å². The summed E-state index contributed by atoms with van der Waals surface area (Å²) in [6, 6.07) is 7.13. The molecule has 0 aliphatic heterocycles. The molecule has 0 aromatic heterocycles. The summed E-state index contributed by atoms with van der Waals surface area (Å²) >= 11 is 0. The minimum absolute atomic E-state index is 0.658. The molecule has 0 aliphatic carbocycles. The summed E-state index contributed by atoms with van der Waals surface area (Å²) in [6.45, 7) is 2.12. The van der Waals surface area contributed by atoms with Crippen molar-refractivity contribution < 1.29 is 14.9 Å². The molecule has 0 aliphatic rings. The van der Waals surface area contributed by atoms with Crippen LogP contribution in [0.1, 0.15) is 44.3 Å². The van der Waals surface area contributed by atoms with E-state index in [9.17, 15) is 10.2 Å². The van der Waals surface area contributed by atoms with Gasteiger partial charge >= 0.3 is 0 Å². The third-order valence-corrected chi connectivity index (χ3v) is 2.88. The lowest BCUT2D eigenvalue weighted by Crippen LogP contribution is -2.03. The van der Waals surface area contributed by atoms with Gasteiger partial charge in [-0.15, -0.1) is 0 Å². The monoisotopic (exact) mass is 262 g/mol. The van der Waals surface area contributed by atoms with Crippen LogP contribution >= 0.6 is 0 Å². The number of rotatable bonds is 6. The second-order valence-corrected chi connectivity index (χ2v) is 4.48. The van der Waals surface area contributed by atoms with E-state index in [-0.39, 0.29) is 0 Å². The Kier molecular flexibility index (Phi) is 7.02. The van der Waals surface area contributed by atoms with Crippen LogP contribution in [0.5, 0.6) is 5.75 Å². The van der Waals surface area contributed by atoms with E-state index in [4.69, 9.17) is 4.74 Å². The smallest absolute Gasteiger partial charge is 0.140 e. The average Bonchev–Trinajstić information content (AvgIpc) is 2.45. The quantitative estimate of drug-likeness (QED) is 0.612. The lowest BCUT2D eigenvalue weighted by atomic mass is 10.1. The molecule has 2 atom stereocenters. The van der Waals surface area contributed by atoms with Gasteiger partial charge in [0.25, 0.3) is 0 Å². The number of hydrogen-bond donors (Lipinski definition) is 2. The fraction of sp³-hybridized carbons (Fsp3) is 0.500. The van der Waals surface area contributed by atoms with Crippen molar-refractivity contribution in [2.75, 3.05) is 7.11 Å². The van der Waals surface area contributed by atoms with Crippen LogP contribution in [0.25, 0.3) is 0 Å². The molecule has 1 aromatic carbocycles. The van der Waals surface area contributed by atoms with Gasteiger partial charge in [0.2, 0.25) is 0 Å². The van der Waals surface area contributed by atoms with Gasteiger partial charge in [0.05, 0.1) is 7.11 Å². The zero-order valence-electron chi connectivity index (χ0n) is 11.6. The summed E-state index contributed by atoms with van der Waals surface area (Å²) in [7, 11) is 1.58. The summed E-state index contributed by atoms with van der Waals surface area (Å²) in [6.07, 6.45) is 2.28. The summed E-state index contributed by atoms with van der Waals surface area (Å²) < 4.78 is 5.09. The highest BCUT2D eigenvalue weighted by Crippen LogP contribution is 2.18. The number of aliphatic hydroxyl groups is 2. The second kappa shape index (κ2) is 8.58. The Bertz CT molecular complexity index is 431. The minimum atomic E-state index is -0.893. The Labute approximate surface area is 115 Å². The van der Waals surface area contributed by atoms with Crippen LogP contribution in [-0.2, 0) is 0 Å². The number of hydrogen-bond acceptors (Lipinski definition) is 3. The van der Waals surface area contributed by atoms with Gasteiger partial charge < -0.3 is 14.9 Å². The maximum Gasteiger partial charge on any atom is 0.140 e. The molecule has 2 unspecified atom stereocenters. The van der Waals surface area contributed by atoms with Gasteiger partial charge in [0, 0.05) is 0 Å². The standard InChI is InChI=1S/C16H22O3/c1-3-4-5-8-14(17)10-11-16(18)13-7-6-9-15(12-13)19-2/h6-7,9,12,14,16-18H,3-5,8H2,1-2H3. The van der Waals surface area contributed by atoms with Crippen LogP contribution in [0, 0.1) is 11.8 Å². The van der Waals surface area contributed by atoms with E-state index in [2.05, 4.69) is 18.8 Å². The van der Waals surface area contributed by atoms with Gasteiger partial charge in [0.1, 0.15) is 18.0 Å². The number of aliphatic hydroxyl groups excluding tert-OH is 2. The fourth-order valence-electron chi connectivity index (χ4n) is 1.73. The molecule has 1 rings (SSSR count). The van der Waals surface area contributed by atoms with E-state index < -0.39 is 12.2 Å². The third-order valence-electron chi connectivity index (χ3n) is 2.88. The fourth-order valence-corrected chi connectivity index (χ4v) is 1.73.